The minimum atomic E-state index is 0.107. The standard InChI is InChI=1S/C14H20BrNOS/c1-4-16(5-2)8-9-18-14-7-6-12(11(3)17)10-13(14)15/h6-7,10H,4-5,8-9H2,1-3H3. The maximum absolute atomic E-state index is 11.3. The van der Waals surface area contributed by atoms with E-state index in [9.17, 15) is 4.79 Å². The molecule has 0 radical (unpaired) electrons. The van der Waals surface area contributed by atoms with Crippen LogP contribution in [-0.4, -0.2) is 36.1 Å². The molecule has 100 valence electrons. The van der Waals surface area contributed by atoms with Gasteiger partial charge < -0.3 is 4.90 Å². The van der Waals surface area contributed by atoms with E-state index in [2.05, 4.69) is 34.7 Å². The van der Waals surface area contributed by atoms with E-state index < -0.39 is 0 Å². The molecule has 0 aliphatic carbocycles. The number of hydrogen-bond donors (Lipinski definition) is 0. The molecule has 0 amide bonds. The predicted molar refractivity (Wildman–Crippen MR) is 82.7 cm³/mol. The molecule has 0 heterocycles. The minimum Gasteiger partial charge on any atom is -0.303 e. The Labute approximate surface area is 122 Å². The summed E-state index contributed by atoms with van der Waals surface area (Å²) < 4.78 is 1.01. The van der Waals surface area contributed by atoms with E-state index in [4.69, 9.17) is 0 Å². The van der Waals surface area contributed by atoms with Crippen molar-refractivity contribution in [3.63, 3.8) is 0 Å². The van der Waals surface area contributed by atoms with Crippen molar-refractivity contribution < 1.29 is 4.79 Å². The maximum atomic E-state index is 11.3. The molecule has 0 spiro atoms. The van der Waals surface area contributed by atoms with E-state index in [0.717, 1.165) is 35.4 Å². The van der Waals surface area contributed by atoms with E-state index in [1.807, 2.05) is 30.0 Å². The zero-order valence-electron chi connectivity index (χ0n) is 11.2. The Balaban J connectivity index is 2.55. The lowest BCUT2D eigenvalue weighted by Crippen LogP contribution is -2.25. The van der Waals surface area contributed by atoms with Gasteiger partial charge >= 0.3 is 0 Å². The molecule has 0 aliphatic heterocycles. The molecule has 0 N–H and O–H groups in total. The largest absolute Gasteiger partial charge is 0.303 e. The molecule has 1 rings (SSSR count). The summed E-state index contributed by atoms with van der Waals surface area (Å²) in [6.07, 6.45) is 0. The smallest absolute Gasteiger partial charge is 0.159 e. The van der Waals surface area contributed by atoms with Gasteiger partial charge in [0.1, 0.15) is 0 Å². The number of benzene rings is 1. The van der Waals surface area contributed by atoms with Gasteiger partial charge in [-0.2, -0.15) is 0 Å². The molecule has 0 saturated heterocycles. The summed E-state index contributed by atoms with van der Waals surface area (Å²) in [7, 11) is 0. The van der Waals surface area contributed by atoms with Crippen LogP contribution in [0, 0.1) is 0 Å². The first kappa shape index (κ1) is 15.7. The third-order valence-corrected chi connectivity index (χ3v) is 4.87. The fraction of sp³-hybridized carbons (Fsp3) is 0.500. The SMILES string of the molecule is CCN(CC)CCSc1ccc(C(C)=O)cc1Br. The molecule has 1 aromatic carbocycles. The van der Waals surface area contributed by atoms with Crippen molar-refractivity contribution in [1.29, 1.82) is 0 Å². The van der Waals surface area contributed by atoms with E-state index in [0.29, 0.717) is 0 Å². The van der Waals surface area contributed by atoms with Crippen LogP contribution in [0.15, 0.2) is 27.6 Å². The number of hydrogen-bond acceptors (Lipinski definition) is 3. The number of rotatable bonds is 7. The summed E-state index contributed by atoms with van der Waals surface area (Å²) in [5, 5.41) is 0. The second-order valence-electron chi connectivity index (χ2n) is 4.08. The molecular formula is C14H20BrNOS. The van der Waals surface area contributed by atoms with Crippen LogP contribution in [0.1, 0.15) is 31.1 Å². The van der Waals surface area contributed by atoms with Crippen molar-refractivity contribution in [2.75, 3.05) is 25.4 Å². The number of carbonyl (C=O) groups is 1. The lowest BCUT2D eigenvalue weighted by Gasteiger charge is -2.17. The Bertz CT molecular complexity index is 405. The van der Waals surface area contributed by atoms with Crippen LogP contribution in [0.2, 0.25) is 0 Å². The molecule has 2 nitrogen and oxygen atoms in total. The van der Waals surface area contributed by atoms with Gasteiger partial charge in [0, 0.05) is 27.2 Å². The van der Waals surface area contributed by atoms with Crippen molar-refractivity contribution >= 4 is 33.5 Å². The fourth-order valence-corrected chi connectivity index (χ4v) is 3.31. The molecule has 4 heteroatoms. The quantitative estimate of drug-likeness (QED) is 0.555. The van der Waals surface area contributed by atoms with Crippen molar-refractivity contribution in [3.8, 4) is 0 Å². The van der Waals surface area contributed by atoms with Crippen LogP contribution in [-0.2, 0) is 0 Å². The van der Waals surface area contributed by atoms with Gasteiger partial charge in [0.25, 0.3) is 0 Å². The normalized spacial score (nSPS) is 10.9. The Morgan fingerprint density at radius 1 is 1.33 bits per heavy atom. The van der Waals surface area contributed by atoms with E-state index in [1.54, 1.807) is 6.92 Å². The highest BCUT2D eigenvalue weighted by atomic mass is 79.9. The number of carbonyl (C=O) groups excluding carboxylic acids is 1. The summed E-state index contributed by atoms with van der Waals surface area (Å²) in [5.41, 5.74) is 0.759. The van der Waals surface area contributed by atoms with Crippen LogP contribution < -0.4 is 0 Å². The van der Waals surface area contributed by atoms with Crippen LogP contribution in [0.5, 0.6) is 0 Å². The number of thioether (sulfide) groups is 1. The highest BCUT2D eigenvalue weighted by Crippen LogP contribution is 2.28. The monoisotopic (exact) mass is 329 g/mol. The van der Waals surface area contributed by atoms with Crippen LogP contribution in [0.4, 0.5) is 0 Å². The minimum absolute atomic E-state index is 0.107. The molecule has 0 unspecified atom stereocenters. The molecule has 0 aliphatic rings. The van der Waals surface area contributed by atoms with Crippen LogP contribution in [0.3, 0.4) is 0 Å². The van der Waals surface area contributed by atoms with Gasteiger partial charge in [-0.15, -0.1) is 11.8 Å². The third-order valence-electron chi connectivity index (χ3n) is 2.90. The molecule has 18 heavy (non-hydrogen) atoms. The fourth-order valence-electron chi connectivity index (χ4n) is 1.66. The van der Waals surface area contributed by atoms with Gasteiger partial charge in [0.15, 0.2) is 5.78 Å². The predicted octanol–water partition coefficient (Wildman–Crippen LogP) is 4.09. The summed E-state index contributed by atoms with van der Waals surface area (Å²) in [5.74, 6) is 1.18. The average molecular weight is 330 g/mol. The van der Waals surface area contributed by atoms with Gasteiger partial charge in [-0.05, 0) is 48.1 Å². The first-order valence-electron chi connectivity index (χ1n) is 6.24. The number of halogens is 1. The first-order valence-corrected chi connectivity index (χ1v) is 8.02. The third kappa shape index (κ3) is 4.75. The molecule has 0 fully saturated rings. The average Bonchev–Trinajstić information content (AvgIpc) is 2.36. The molecule has 0 atom stereocenters. The molecular weight excluding hydrogens is 310 g/mol. The topological polar surface area (TPSA) is 20.3 Å². The summed E-state index contributed by atoms with van der Waals surface area (Å²) in [6, 6.07) is 5.82. The van der Waals surface area contributed by atoms with E-state index >= 15 is 0 Å². The number of nitrogens with zero attached hydrogens (tertiary/aromatic N) is 1. The highest BCUT2D eigenvalue weighted by Gasteiger charge is 2.06. The van der Waals surface area contributed by atoms with Crippen LogP contribution in [0.25, 0.3) is 0 Å². The van der Waals surface area contributed by atoms with Gasteiger partial charge in [-0.3, -0.25) is 4.79 Å². The Morgan fingerprint density at radius 2 is 2.00 bits per heavy atom. The lowest BCUT2D eigenvalue weighted by molar-refractivity contribution is 0.101. The van der Waals surface area contributed by atoms with Crippen molar-refractivity contribution in [3.05, 3.63) is 28.2 Å². The Hall–Kier alpha value is -0.320. The first-order chi connectivity index (χ1) is 8.58. The van der Waals surface area contributed by atoms with Crippen LogP contribution >= 0.6 is 27.7 Å². The molecule has 1 aromatic rings. The molecule has 0 saturated carbocycles. The van der Waals surface area contributed by atoms with Crippen molar-refractivity contribution in [2.45, 2.75) is 25.7 Å². The van der Waals surface area contributed by atoms with Crippen molar-refractivity contribution in [2.24, 2.45) is 0 Å². The summed E-state index contributed by atoms with van der Waals surface area (Å²) in [6.45, 7) is 9.26. The summed E-state index contributed by atoms with van der Waals surface area (Å²) in [4.78, 5) is 14.9. The van der Waals surface area contributed by atoms with Crippen molar-refractivity contribution in [1.82, 2.24) is 4.90 Å². The Morgan fingerprint density at radius 3 is 2.50 bits per heavy atom. The second kappa shape index (κ2) is 7.97. The Kier molecular flexibility index (Phi) is 6.97. The second-order valence-corrected chi connectivity index (χ2v) is 6.07. The lowest BCUT2D eigenvalue weighted by atomic mass is 10.2. The zero-order valence-corrected chi connectivity index (χ0v) is 13.6. The molecule has 0 bridgehead atoms. The zero-order chi connectivity index (χ0) is 13.5. The molecule has 0 aromatic heterocycles. The highest BCUT2D eigenvalue weighted by molar-refractivity contribution is 9.10. The van der Waals surface area contributed by atoms with Gasteiger partial charge in [-0.1, -0.05) is 19.9 Å². The van der Waals surface area contributed by atoms with E-state index in [1.165, 1.54) is 4.90 Å². The van der Waals surface area contributed by atoms with Gasteiger partial charge in [0.2, 0.25) is 0 Å². The number of Topliss-reactive ketones (excluding diaryl/α,β-unsaturated/α-hetero) is 1. The maximum Gasteiger partial charge on any atom is 0.159 e. The van der Waals surface area contributed by atoms with Gasteiger partial charge in [-0.25, -0.2) is 0 Å². The van der Waals surface area contributed by atoms with E-state index in [-0.39, 0.29) is 5.78 Å². The summed E-state index contributed by atoms with van der Waals surface area (Å²) >= 11 is 5.36. The van der Waals surface area contributed by atoms with Gasteiger partial charge in [0.05, 0.1) is 0 Å². The number of ketones is 1.